The first-order valence-electron chi connectivity index (χ1n) is 6.03. The molecular weight excluding hydrogens is 311 g/mol. The first-order valence-corrected chi connectivity index (χ1v) is 7.13. The molecule has 0 bridgehead atoms. The molecule has 7 heteroatoms. The Morgan fingerprint density at radius 2 is 2.14 bits per heavy atom. The van der Waals surface area contributed by atoms with E-state index in [4.69, 9.17) is 16.9 Å². The monoisotopic (exact) mass is 318 g/mol. The van der Waals surface area contributed by atoms with Gasteiger partial charge < -0.3 is 5.32 Å². The van der Waals surface area contributed by atoms with Crippen molar-refractivity contribution in [3.63, 3.8) is 0 Å². The topological polar surface area (TPSA) is 61.6 Å². The lowest BCUT2D eigenvalue weighted by atomic mass is 10.1. The molecular formula is C14H8ClFN4S. The fourth-order valence-corrected chi connectivity index (χ4v) is 2.74. The number of anilines is 1. The van der Waals surface area contributed by atoms with Gasteiger partial charge in [0.15, 0.2) is 0 Å². The average molecular weight is 319 g/mol. The van der Waals surface area contributed by atoms with Crippen molar-refractivity contribution in [3.05, 3.63) is 52.3 Å². The molecule has 104 valence electrons. The number of nitrogens with zero attached hydrogens (tertiary/aromatic N) is 3. The van der Waals surface area contributed by atoms with Gasteiger partial charge in [-0.1, -0.05) is 23.7 Å². The van der Waals surface area contributed by atoms with Gasteiger partial charge in [0.05, 0.1) is 28.0 Å². The molecule has 0 amide bonds. The Kier molecular flexibility index (Phi) is 3.69. The molecule has 0 aliphatic rings. The van der Waals surface area contributed by atoms with Gasteiger partial charge in [-0.15, -0.1) is 0 Å². The maximum Gasteiger partial charge on any atom is 0.145 e. The van der Waals surface area contributed by atoms with Crippen LogP contribution in [-0.2, 0) is 6.54 Å². The minimum atomic E-state index is -0.521. The summed E-state index contributed by atoms with van der Waals surface area (Å²) >= 11 is 7.24. The molecule has 3 aromatic rings. The van der Waals surface area contributed by atoms with Crippen molar-refractivity contribution in [2.45, 2.75) is 6.54 Å². The highest BCUT2D eigenvalue weighted by Gasteiger charge is 2.12. The van der Waals surface area contributed by atoms with E-state index in [2.05, 4.69) is 14.1 Å². The number of benzene rings is 2. The van der Waals surface area contributed by atoms with E-state index in [1.54, 1.807) is 24.3 Å². The van der Waals surface area contributed by atoms with Crippen molar-refractivity contribution in [2.24, 2.45) is 0 Å². The van der Waals surface area contributed by atoms with E-state index in [1.165, 1.54) is 6.07 Å². The van der Waals surface area contributed by atoms with Crippen molar-refractivity contribution in [1.29, 1.82) is 5.26 Å². The van der Waals surface area contributed by atoms with Crippen LogP contribution in [0.15, 0.2) is 30.3 Å². The van der Waals surface area contributed by atoms with Gasteiger partial charge in [0.1, 0.15) is 22.9 Å². The standard InChI is InChI=1S/C14H8ClFN4S/c15-10-4-5-11-14(20-21-19-11)13(10)18-7-9-3-1-2-8(6-17)12(9)16/h1-5,18H,7H2. The van der Waals surface area contributed by atoms with Crippen LogP contribution in [0.5, 0.6) is 0 Å². The highest BCUT2D eigenvalue weighted by molar-refractivity contribution is 7.00. The molecule has 3 rings (SSSR count). The van der Waals surface area contributed by atoms with Gasteiger partial charge in [-0.2, -0.15) is 14.0 Å². The number of aromatic nitrogens is 2. The quantitative estimate of drug-likeness (QED) is 0.793. The highest BCUT2D eigenvalue weighted by Crippen LogP contribution is 2.30. The highest BCUT2D eigenvalue weighted by atomic mass is 35.5. The Morgan fingerprint density at radius 3 is 2.95 bits per heavy atom. The van der Waals surface area contributed by atoms with Crippen LogP contribution in [0.4, 0.5) is 10.1 Å². The van der Waals surface area contributed by atoms with E-state index in [0.29, 0.717) is 21.8 Å². The first-order chi connectivity index (χ1) is 10.2. The molecule has 0 atom stereocenters. The third-order valence-corrected chi connectivity index (χ3v) is 3.89. The van der Waals surface area contributed by atoms with Gasteiger partial charge in [0, 0.05) is 12.1 Å². The van der Waals surface area contributed by atoms with Crippen molar-refractivity contribution < 1.29 is 4.39 Å². The smallest absolute Gasteiger partial charge is 0.145 e. The fraction of sp³-hybridized carbons (Fsp3) is 0.0714. The molecule has 1 heterocycles. The number of nitriles is 1. The molecule has 2 aromatic carbocycles. The number of nitrogens with one attached hydrogen (secondary N) is 1. The second-order valence-corrected chi connectivity index (χ2v) is 5.23. The van der Waals surface area contributed by atoms with Gasteiger partial charge in [-0.25, -0.2) is 4.39 Å². The molecule has 1 N–H and O–H groups in total. The summed E-state index contributed by atoms with van der Waals surface area (Å²) < 4.78 is 22.3. The predicted octanol–water partition coefficient (Wildman–Crippen LogP) is 3.97. The van der Waals surface area contributed by atoms with Gasteiger partial charge in [0.2, 0.25) is 0 Å². The number of halogens is 2. The largest absolute Gasteiger partial charge is 0.378 e. The Bertz CT molecular complexity index is 856. The van der Waals surface area contributed by atoms with Crippen LogP contribution in [0.2, 0.25) is 5.02 Å². The fourth-order valence-electron chi connectivity index (χ4n) is 1.98. The summed E-state index contributed by atoms with van der Waals surface area (Å²) in [6.45, 7) is 0.206. The minimum absolute atomic E-state index is 0.0222. The maximum absolute atomic E-state index is 14.0. The second-order valence-electron chi connectivity index (χ2n) is 4.30. The van der Waals surface area contributed by atoms with Gasteiger partial charge in [-0.3, -0.25) is 0 Å². The van der Waals surface area contributed by atoms with Crippen LogP contribution >= 0.6 is 23.3 Å². The van der Waals surface area contributed by atoms with Crippen LogP contribution in [0.3, 0.4) is 0 Å². The number of hydrogen-bond donors (Lipinski definition) is 1. The number of hydrogen-bond acceptors (Lipinski definition) is 5. The summed E-state index contributed by atoms with van der Waals surface area (Å²) in [5, 5.41) is 12.4. The van der Waals surface area contributed by atoms with E-state index in [-0.39, 0.29) is 12.1 Å². The lowest BCUT2D eigenvalue weighted by Gasteiger charge is -2.10. The molecule has 0 fully saturated rings. The van der Waals surface area contributed by atoms with Gasteiger partial charge >= 0.3 is 0 Å². The molecule has 0 aliphatic heterocycles. The third-order valence-electron chi connectivity index (χ3n) is 3.03. The number of rotatable bonds is 3. The molecule has 0 unspecified atom stereocenters. The summed E-state index contributed by atoms with van der Waals surface area (Å²) in [5.41, 5.74) is 2.42. The summed E-state index contributed by atoms with van der Waals surface area (Å²) in [5.74, 6) is -0.521. The summed E-state index contributed by atoms with van der Waals surface area (Å²) in [4.78, 5) is 0. The summed E-state index contributed by atoms with van der Waals surface area (Å²) in [6.07, 6.45) is 0. The van der Waals surface area contributed by atoms with Crippen molar-refractivity contribution in [2.75, 3.05) is 5.32 Å². The van der Waals surface area contributed by atoms with E-state index in [1.807, 2.05) is 6.07 Å². The van der Waals surface area contributed by atoms with Crippen LogP contribution < -0.4 is 5.32 Å². The van der Waals surface area contributed by atoms with Crippen molar-refractivity contribution in [1.82, 2.24) is 8.75 Å². The van der Waals surface area contributed by atoms with E-state index >= 15 is 0 Å². The molecule has 1 aromatic heterocycles. The van der Waals surface area contributed by atoms with Crippen LogP contribution in [-0.4, -0.2) is 8.75 Å². The van der Waals surface area contributed by atoms with Crippen molar-refractivity contribution in [3.8, 4) is 6.07 Å². The minimum Gasteiger partial charge on any atom is -0.378 e. The molecule has 0 saturated carbocycles. The molecule has 4 nitrogen and oxygen atoms in total. The molecule has 0 spiro atoms. The Balaban J connectivity index is 1.92. The zero-order valence-electron chi connectivity index (χ0n) is 10.6. The van der Waals surface area contributed by atoms with Gasteiger partial charge in [-0.05, 0) is 18.2 Å². The molecule has 21 heavy (non-hydrogen) atoms. The Labute approximate surface area is 129 Å². The second kappa shape index (κ2) is 5.64. The summed E-state index contributed by atoms with van der Waals surface area (Å²) in [7, 11) is 0. The average Bonchev–Trinajstić information content (AvgIpc) is 2.96. The SMILES string of the molecule is N#Cc1cccc(CNc2c(Cl)ccc3nsnc23)c1F. The molecule has 0 saturated heterocycles. The Hall–Kier alpha value is -2.23. The zero-order chi connectivity index (χ0) is 14.8. The lowest BCUT2D eigenvalue weighted by Crippen LogP contribution is -2.04. The molecule has 0 radical (unpaired) electrons. The van der Waals surface area contributed by atoms with E-state index < -0.39 is 5.82 Å². The number of fused-ring (bicyclic) bond motifs is 1. The van der Waals surface area contributed by atoms with Crippen molar-refractivity contribution >= 4 is 40.0 Å². The Morgan fingerprint density at radius 1 is 1.29 bits per heavy atom. The van der Waals surface area contributed by atoms with Crippen LogP contribution in [0.25, 0.3) is 11.0 Å². The maximum atomic E-state index is 14.0. The first kappa shape index (κ1) is 13.7. The zero-order valence-corrected chi connectivity index (χ0v) is 12.2. The lowest BCUT2D eigenvalue weighted by molar-refractivity contribution is 0.609. The third kappa shape index (κ3) is 2.53. The predicted molar refractivity (Wildman–Crippen MR) is 80.9 cm³/mol. The van der Waals surface area contributed by atoms with E-state index in [9.17, 15) is 4.39 Å². The van der Waals surface area contributed by atoms with Crippen LogP contribution in [0.1, 0.15) is 11.1 Å². The van der Waals surface area contributed by atoms with E-state index in [0.717, 1.165) is 17.2 Å². The molecule has 0 aliphatic carbocycles. The van der Waals surface area contributed by atoms with Gasteiger partial charge in [0.25, 0.3) is 0 Å². The summed E-state index contributed by atoms with van der Waals surface area (Å²) in [6, 6.07) is 10.0. The van der Waals surface area contributed by atoms with Crippen LogP contribution in [0, 0.1) is 17.1 Å². The normalized spacial score (nSPS) is 10.5.